The highest BCUT2D eigenvalue weighted by Gasteiger charge is 2.31. The molecular weight excluding hydrogens is 272 g/mol. The Labute approximate surface area is 114 Å². The summed E-state index contributed by atoms with van der Waals surface area (Å²) in [6, 6.07) is 0. The van der Waals surface area contributed by atoms with E-state index in [0.29, 0.717) is 0 Å². The Hall–Kier alpha value is -1.11. The molecule has 0 saturated carbocycles. The maximum atomic E-state index is 11.8. The minimum absolute atomic E-state index is 0.129. The van der Waals surface area contributed by atoms with Crippen molar-refractivity contribution >= 4 is 21.8 Å². The summed E-state index contributed by atoms with van der Waals surface area (Å²) < 4.78 is 32.1. The van der Waals surface area contributed by atoms with Gasteiger partial charge in [0.2, 0.25) is 0 Å². The molecule has 112 valence electrons. The summed E-state index contributed by atoms with van der Waals surface area (Å²) in [6.45, 7) is 6.61. The van der Waals surface area contributed by atoms with E-state index in [1.165, 1.54) is 0 Å². The van der Waals surface area contributed by atoms with Crippen molar-refractivity contribution in [2.45, 2.75) is 46.3 Å². The standard InChI is InChI=1S/C12H22O6S/c1-8(2)17-11(13)10(6-7-19(5,15)16)12(14)18-9(3)4/h8-10H,6-7H2,1-5H3. The number of carbonyl (C=O) groups is 2. The normalized spacial score (nSPS) is 12.0. The molecule has 19 heavy (non-hydrogen) atoms. The molecule has 0 spiro atoms. The van der Waals surface area contributed by atoms with E-state index in [1.54, 1.807) is 27.7 Å². The first-order valence-electron chi connectivity index (χ1n) is 6.11. The minimum Gasteiger partial charge on any atom is -0.462 e. The Balaban J connectivity index is 4.82. The van der Waals surface area contributed by atoms with Crippen LogP contribution in [0.15, 0.2) is 0 Å². The van der Waals surface area contributed by atoms with E-state index in [1.807, 2.05) is 0 Å². The third-order valence-corrected chi connectivity index (χ3v) is 3.03. The smallest absolute Gasteiger partial charge is 0.320 e. The largest absolute Gasteiger partial charge is 0.462 e. The van der Waals surface area contributed by atoms with Gasteiger partial charge in [-0.15, -0.1) is 0 Å². The molecule has 0 aliphatic rings. The molecule has 0 unspecified atom stereocenters. The van der Waals surface area contributed by atoms with Crippen molar-refractivity contribution in [2.75, 3.05) is 12.0 Å². The predicted molar refractivity (Wildman–Crippen MR) is 70.3 cm³/mol. The number of sulfone groups is 1. The molecule has 0 aromatic carbocycles. The Morgan fingerprint density at radius 1 is 0.947 bits per heavy atom. The lowest BCUT2D eigenvalue weighted by molar-refractivity contribution is -0.166. The number of ether oxygens (including phenoxy) is 2. The van der Waals surface area contributed by atoms with Gasteiger partial charge in [0.1, 0.15) is 9.84 Å². The minimum atomic E-state index is -3.26. The third kappa shape index (κ3) is 8.58. The fourth-order valence-electron chi connectivity index (χ4n) is 1.29. The van der Waals surface area contributed by atoms with Crippen LogP contribution in [0, 0.1) is 5.92 Å². The summed E-state index contributed by atoms with van der Waals surface area (Å²) in [5, 5.41) is 0. The highest BCUT2D eigenvalue weighted by Crippen LogP contribution is 2.13. The molecule has 0 fully saturated rings. The van der Waals surface area contributed by atoms with Crippen LogP contribution in [0.3, 0.4) is 0 Å². The summed E-state index contributed by atoms with van der Waals surface area (Å²) in [7, 11) is -3.26. The van der Waals surface area contributed by atoms with Crippen LogP contribution in [0.2, 0.25) is 0 Å². The molecule has 0 bridgehead atoms. The quantitative estimate of drug-likeness (QED) is 0.513. The van der Waals surface area contributed by atoms with E-state index in [2.05, 4.69) is 0 Å². The number of rotatable bonds is 7. The van der Waals surface area contributed by atoms with Crippen molar-refractivity contribution in [1.82, 2.24) is 0 Å². The van der Waals surface area contributed by atoms with Crippen LogP contribution in [0.1, 0.15) is 34.1 Å². The zero-order valence-corrected chi connectivity index (χ0v) is 12.8. The summed E-state index contributed by atoms with van der Waals surface area (Å²) in [4.78, 5) is 23.6. The lowest BCUT2D eigenvalue weighted by atomic mass is 10.1. The van der Waals surface area contributed by atoms with E-state index in [4.69, 9.17) is 9.47 Å². The van der Waals surface area contributed by atoms with Gasteiger partial charge >= 0.3 is 11.9 Å². The average molecular weight is 294 g/mol. The summed E-state index contributed by atoms with van der Waals surface area (Å²) in [6.07, 6.45) is 0.168. The van der Waals surface area contributed by atoms with Gasteiger partial charge in [-0.25, -0.2) is 8.42 Å². The lowest BCUT2D eigenvalue weighted by Crippen LogP contribution is -2.32. The van der Waals surface area contributed by atoms with Gasteiger partial charge in [0, 0.05) is 6.26 Å². The average Bonchev–Trinajstić information content (AvgIpc) is 2.12. The van der Waals surface area contributed by atoms with E-state index in [-0.39, 0.29) is 24.4 Å². The molecule has 6 nitrogen and oxygen atoms in total. The first-order chi connectivity index (χ1) is 8.53. The van der Waals surface area contributed by atoms with Crippen molar-refractivity contribution in [1.29, 1.82) is 0 Å². The van der Waals surface area contributed by atoms with Crippen LogP contribution in [-0.2, 0) is 28.9 Å². The number of esters is 2. The van der Waals surface area contributed by atoms with Gasteiger partial charge in [-0.05, 0) is 34.1 Å². The van der Waals surface area contributed by atoms with E-state index >= 15 is 0 Å². The molecule has 0 aliphatic carbocycles. The Kier molecular flexibility index (Phi) is 7.04. The Morgan fingerprint density at radius 2 is 1.32 bits per heavy atom. The first kappa shape index (κ1) is 17.9. The fraction of sp³-hybridized carbons (Fsp3) is 0.833. The van der Waals surface area contributed by atoms with Gasteiger partial charge in [0.15, 0.2) is 5.92 Å². The molecule has 0 heterocycles. The Bertz CT molecular complexity index is 388. The van der Waals surface area contributed by atoms with Crippen molar-refractivity contribution < 1.29 is 27.5 Å². The monoisotopic (exact) mass is 294 g/mol. The van der Waals surface area contributed by atoms with Gasteiger partial charge in [0.25, 0.3) is 0 Å². The molecule has 0 atom stereocenters. The van der Waals surface area contributed by atoms with E-state index in [9.17, 15) is 18.0 Å². The summed E-state index contributed by atoms with van der Waals surface area (Å²) in [5.74, 6) is -2.95. The second kappa shape index (κ2) is 7.47. The lowest BCUT2D eigenvalue weighted by Gasteiger charge is -2.17. The first-order valence-corrected chi connectivity index (χ1v) is 8.17. The maximum Gasteiger partial charge on any atom is 0.320 e. The molecule has 0 aromatic heterocycles. The van der Waals surface area contributed by atoms with Crippen LogP contribution < -0.4 is 0 Å². The van der Waals surface area contributed by atoms with Crippen molar-refractivity contribution in [3.63, 3.8) is 0 Å². The van der Waals surface area contributed by atoms with Crippen molar-refractivity contribution in [3.8, 4) is 0 Å². The zero-order chi connectivity index (χ0) is 15.2. The fourth-order valence-corrected chi connectivity index (χ4v) is 1.96. The molecule has 7 heteroatoms. The van der Waals surface area contributed by atoms with Gasteiger partial charge in [-0.2, -0.15) is 0 Å². The third-order valence-electron chi connectivity index (χ3n) is 2.05. The highest BCUT2D eigenvalue weighted by atomic mass is 32.2. The second-order valence-electron chi connectivity index (χ2n) is 4.94. The highest BCUT2D eigenvalue weighted by molar-refractivity contribution is 7.90. The second-order valence-corrected chi connectivity index (χ2v) is 7.20. The predicted octanol–water partition coefficient (Wildman–Crippen LogP) is 0.940. The number of hydrogen-bond acceptors (Lipinski definition) is 6. The number of hydrogen-bond donors (Lipinski definition) is 0. The molecule has 0 aliphatic heterocycles. The van der Waals surface area contributed by atoms with E-state index < -0.39 is 27.7 Å². The van der Waals surface area contributed by atoms with Crippen LogP contribution in [0.25, 0.3) is 0 Å². The van der Waals surface area contributed by atoms with Crippen LogP contribution in [-0.4, -0.2) is 44.6 Å². The topological polar surface area (TPSA) is 86.7 Å². The molecule has 0 aromatic rings. The van der Waals surface area contributed by atoms with Crippen LogP contribution >= 0.6 is 0 Å². The molecular formula is C12H22O6S. The van der Waals surface area contributed by atoms with Crippen molar-refractivity contribution in [3.05, 3.63) is 0 Å². The Morgan fingerprint density at radius 3 is 1.58 bits per heavy atom. The molecule has 0 rings (SSSR count). The SMILES string of the molecule is CC(C)OC(=O)C(CCS(C)(=O)=O)C(=O)OC(C)C. The van der Waals surface area contributed by atoms with Gasteiger partial charge < -0.3 is 9.47 Å². The van der Waals surface area contributed by atoms with Crippen LogP contribution in [0.5, 0.6) is 0 Å². The van der Waals surface area contributed by atoms with Gasteiger partial charge in [0.05, 0.1) is 18.0 Å². The van der Waals surface area contributed by atoms with E-state index in [0.717, 1.165) is 6.26 Å². The maximum absolute atomic E-state index is 11.8. The summed E-state index contributed by atoms with van der Waals surface area (Å²) in [5.41, 5.74) is 0. The van der Waals surface area contributed by atoms with Crippen LogP contribution in [0.4, 0.5) is 0 Å². The van der Waals surface area contributed by atoms with Gasteiger partial charge in [-0.1, -0.05) is 0 Å². The summed E-state index contributed by atoms with van der Waals surface area (Å²) >= 11 is 0. The number of carbonyl (C=O) groups excluding carboxylic acids is 2. The van der Waals surface area contributed by atoms with Crippen molar-refractivity contribution in [2.24, 2.45) is 5.92 Å². The molecule has 0 saturated heterocycles. The molecule has 0 N–H and O–H groups in total. The molecule has 0 radical (unpaired) electrons. The molecule has 0 amide bonds. The van der Waals surface area contributed by atoms with Gasteiger partial charge in [-0.3, -0.25) is 9.59 Å². The zero-order valence-electron chi connectivity index (χ0n) is 12.0.